The molecule has 0 saturated heterocycles. The summed E-state index contributed by atoms with van der Waals surface area (Å²) in [7, 11) is 0. The zero-order valence-corrected chi connectivity index (χ0v) is 10.4. The molecule has 1 aromatic heterocycles. The van der Waals surface area contributed by atoms with Gasteiger partial charge in [0.2, 0.25) is 0 Å². The van der Waals surface area contributed by atoms with Crippen LogP contribution in [-0.2, 0) is 6.42 Å². The molecule has 1 heterocycles. The number of aryl methyl sites for hydroxylation is 1. The van der Waals surface area contributed by atoms with E-state index in [2.05, 4.69) is 38.9 Å². The van der Waals surface area contributed by atoms with E-state index >= 15 is 0 Å². The van der Waals surface area contributed by atoms with Gasteiger partial charge in [0.1, 0.15) is 0 Å². The molecular formula is C13H11ClN4. The summed E-state index contributed by atoms with van der Waals surface area (Å²) in [4.78, 5) is 0. The molecule has 0 amide bonds. The molecular weight excluding hydrogens is 248 g/mol. The number of fused-ring (bicyclic) bond motifs is 1. The van der Waals surface area contributed by atoms with E-state index in [9.17, 15) is 0 Å². The molecule has 3 rings (SSSR count). The largest absolute Gasteiger partial charge is 0.260 e. The van der Waals surface area contributed by atoms with Crippen LogP contribution in [0.2, 0.25) is 5.15 Å². The summed E-state index contributed by atoms with van der Waals surface area (Å²) in [6, 6.07) is 11.7. The maximum absolute atomic E-state index is 5.67. The molecule has 2 aromatic rings. The first-order chi connectivity index (χ1) is 8.83. The normalized spacial score (nSPS) is 15.7. The standard InChI is InChI=1S/C13H11ClN4/c14-12-7-8-13(18-16-12)17-15-11-6-5-9-3-1-2-4-10(9)11/h1-4,7-8H,5-6H2,(H,17,18)/b15-11+. The summed E-state index contributed by atoms with van der Waals surface area (Å²) in [6.07, 6.45) is 2.00. The quantitative estimate of drug-likeness (QED) is 0.843. The van der Waals surface area contributed by atoms with Crippen LogP contribution in [0, 0.1) is 0 Å². The lowest BCUT2D eigenvalue weighted by atomic mass is 10.1. The van der Waals surface area contributed by atoms with Gasteiger partial charge in [-0.1, -0.05) is 35.9 Å². The second-order valence-corrected chi connectivity index (χ2v) is 4.46. The fraction of sp³-hybridized carbons (Fsp3) is 0.154. The van der Waals surface area contributed by atoms with Crippen molar-refractivity contribution < 1.29 is 0 Å². The minimum atomic E-state index is 0.374. The summed E-state index contributed by atoms with van der Waals surface area (Å²) < 4.78 is 0. The van der Waals surface area contributed by atoms with E-state index in [1.165, 1.54) is 11.1 Å². The van der Waals surface area contributed by atoms with Crippen molar-refractivity contribution in [2.45, 2.75) is 12.8 Å². The number of anilines is 1. The lowest BCUT2D eigenvalue weighted by Gasteiger charge is -2.01. The first-order valence-electron chi connectivity index (χ1n) is 5.73. The highest BCUT2D eigenvalue weighted by Crippen LogP contribution is 2.22. The lowest BCUT2D eigenvalue weighted by Crippen LogP contribution is -2.01. The molecule has 0 radical (unpaired) electrons. The van der Waals surface area contributed by atoms with Crippen LogP contribution in [-0.4, -0.2) is 15.9 Å². The zero-order valence-electron chi connectivity index (χ0n) is 9.60. The molecule has 0 unspecified atom stereocenters. The number of hydrogen-bond donors (Lipinski definition) is 1. The monoisotopic (exact) mass is 258 g/mol. The van der Waals surface area contributed by atoms with E-state index < -0.39 is 0 Å². The number of hydrazone groups is 1. The molecule has 4 nitrogen and oxygen atoms in total. The highest BCUT2D eigenvalue weighted by molar-refractivity contribution is 6.29. The number of rotatable bonds is 2. The van der Waals surface area contributed by atoms with Gasteiger partial charge < -0.3 is 0 Å². The van der Waals surface area contributed by atoms with Crippen LogP contribution in [0.4, 0.5) is 5.82 Å². The van der Waals surface area contributed by atoms with Crippen molar-refractivity contribution in [2.75, 3.05) is 5.43 Å². The SMILES string of the molecule is Clc1ccc(N/N=C2\CCc3ccccc32)nn1. The van der Waals surface area contributed by atoms with Gasteiger partial charge in [-0.2, -0.15) is 5.10 Å². The summed E-state index contributed by atoms with van der Waals surface area (Å²) in [5.74, 6) is 0.594. The molecule has 1 aliphatic rings. The van der Waals surface area contributed by atoms with Gasteiger partial charge in [-0.3, -0.25) is 5.43 Å². The predicted octanol–water partition coefficient (Wildman–Crippen LogP) is 2.89. The third kappa shape index (κ3) is 2.19. The second kappa shape index (κ2) is 4.74. The van der Waals surface area contributed by atoms with Crippen molar-refractivity contribution in [2.24, 2.45) is 5.10 Å². The van der Waals surface area contributed by atoms with E-state index in [1.54, 1.807) is 12.1 Å². The molecule has 1 aliphatic carbocycles. The molecule has 0 bridgehead atoms. The Morgan fingerprint density at radius 2 is 1.94 bits per heavy atom. The maximum atomic E-state index is 5.67. The first-order valence-corrected chi connectivity index (χ1v) is 6.11. The minimum absolute atomic E-state index is 0.374. The third-order valence-corrected chi connectivity index (χ3v) is 3.10. The van der Waals surface area contributed by atoms with Gasteiger partial charge in [-0.25, -0.2) is 0 Å². The molecule has 0 aliphatic heterocycles. The predicted molar refractivity (Wildman–Crippen MR) is 72.0 cm³/mol. The number of nitrogens with zero attached hydrogens (tertiary/aromatic N) is 3. The van der Waals surface area contributed by atoms with Crippen LogP contribution in [0.25, 0.3) is 0 Å². The highest BCUT2D eigenvalue weighted by Gasteiger charge is 2.16. The molecule has 0 fully saturated rings. The second-order valence-electron chi connectivity index (χ2n) is 4.07. The Hall–Kier alpha value is -1.94. The van der Waals surface area contributed by atoms with Gasteiger partial charge in [0, 0.05) is 5.56 Å². The van der Waals surface area contributed by atoms with Gasteiger partial charge in [0.25, 0.3) is 0 Å². The molecule has 5 heteroatoms. The Morgan fingerprint density at radius 1 is 1.06 bits per heavy atom. The van der Waals surface area contributed by atoms with Crippen molar-refractivity contribution in [3.63, 3.8) is 0 Å². The fourth-order valence-electron chi connectivity index (χ4n) is 2.02. The van der Waals surface area contributed by atoms with Crippen molar-refractivity contribution in [3.8, 4) is 0 Å². The Bertz CT molecular complexity index is 592. The lowest BCUT2D eigenvalue weighted by molar-refractivity contribution is 1.02. The smallest absolute Gasteiger partial charge is 0.168 e. The molecule has 90 valence electrons. The minimum Gasteiger partial charge on any atom is -0.260 e. The van der Waals surface area contributed by atoms with Crippen LogP contribution in [0.3, 0.4) is 0 Å². The van der Waals surface area contributed by atoms with Crippen LogP contribution in [0.1, 0.15) is 17.5 Å². The summed E-state index contributed by atoms with van der Waals surface area (Å²) >= 11 is 5.67. The summed E-state index contributed by atoms with van der Waals surface area (Å²) in [5, 5.41) is 12.4. The third-order valence-electron chi connectivity index (χ3n) is 2.90. The molecule has 0 saturated carbocycles. The molecule has 18 heavy (non-hydrogen) atoms. The van der Waals surface area contributed by atoms with Crippen molar-refractivity contribution >= 4 is 23.1 Å². The molecule has 1 N–H and O–H groups in total. The van der Waals surface area contributed by atoms with Gasteiger partial charge in [0.05, 0.1) is 5.71 Å². The summed E-state index contributed by atoms with van der Waals surface area (Å²) in [5.41, 5.74) is 6.53. The first kappa shape index (κ1) is 11.2. The van der Waals surface area contributed by atoms with Gasteiger partial charge in [-0.15, -0.1) is 10.2 Å². The Balaban J connectivity index is 1.80. The van der Waals surface area contributed by atoms with E-state index in [4.69, 9.17) is 11.6 Å². The number of nitrogens with one attached hydrogen (secondary N) is 1. The summed E-state index contributed by atoms with van der Waals surface area (Å²) in [6.45, 7) is 0. The molecule has 1 aromatic carbocycles. The van der Waals surface area contributed by atoms with Crippen LogP contribution >= 0.6 is 11.6 Å². The fourth-order valence-corrected chi connectivity index (χ4v) is 2.12. The van der Waals surface area contributed by atoms with Crippen LogP contribution < -0.4 is 5.43 Å². The Morgan fingerprint density at radius 3 is 2.78 bits per heavy atom. The average molecular weight is 259 g/mol. The van der Waals surface area contributed by atoms with Crippen molar-refractivity contribution in [1.82, 2.24) is 10.2 Å². The van der Waals surface area contributed by atoms with Crippen LogP contribution in [0.5, 0.6) is 0 Å². The van der Waals surface area contributed by atoms with E-state index in [1.807, 2.05) is 6.07 Å². The Labute approximate surface area is 110 Å². The van der Waals surface area contributed by atoms with E-state index in [0.29, 0.717) is 11.0 Å². The maximum Gasteiger partial charge on any atom is 0.168 e. The van der Waals surface area contributed by atoms with Gasteiger partial charge in [0.15, 0.2) is 11.0 Å². The zero-order chi connectivity index (χ0) is 12.4. The van der Waals surface area contributed by atoms with Crippen molar-refractivity contribution in [1.29, 1.82) is 0 Å². The number of hydrogen-bond acceptors (Lipinski definition) is 4. The van der Waals surface area contributed by atoms with E-state index in [0.717, 1.165) is 18.6 Å². The van der Waals surface area contributed by atoms with Gasteiger partial charge >= 0.3 is 0 Å². The number of halogens is 1. The van der Waals surface area contributed by atoms with Gasteiger partial charge in [-0.05, 0) is 30.5 Å². The highest BCUT2D eigenvalue weighted by atomic mass is 35.5. The van der Waals surface area contributed by atoms with Crippen molar-refractivity contribution in [3.05, 3.63) is 52.7 Å². The van der Waals surface area contributed by atoms with E-state index in [-0.39, 0.29) is 0 Å². The molecule has 0 spiro atoms. The average Bonchev–Trinajstić information content (AvgIpc) is 2.82. The Kier molecular flexibility index (Phi) is 2.94. The van der Waals surface area contributed by atoms with Crippen LogP contribution in [0.15, 0.2) is 41.5 Å². The number of aromatic nitrogens is 2. The molecule has 0 atom stereocenters. The number of benzene rings is 1. The topological polar surface area (TPSA) is 50.2 Å².